The van der Waals surface area contributed by atoms with Crippen LogP contribution in [0.1, 0.15) is 22.8 Å². The van der Waals surface area contributed by atoms with Crippen molar-refractivity contribution in [1.29, 1.82) is 0 Å². The average molecular weight is 415 g/mol. The van der Waals surface area contributed by atoms with E-state index in [9.17, 15) is 22.8 Å². The molecule has 150 valence electrons. The van der Waals surface area contributed by atoms with Crippen LogP contribution in [0.3, 0.4) is 0 Å². The smallest absolute Gasteiger partial charge is 0.416 e. The summed E-state index contributed by atoms with van der Waals surface area (Å²) in [7, 11) is 3.69. The van der Waals surface area contributed by atoms with E-state index in [4.69, 9.17) is 16.3 Å². The van der Waals surface area contributed by atoms with Gasteiger partial charge in [-0.1, -0.05) is 11.6 Å². The van der Waals surface area contributed by atoms with Crippen molar-refractivity contribution in [3.63, 3.8) is 0 Å². The quantitative estimate of drug-likeness (QED) is 0.726. The van der Waals surface area contributed by atoms with E-state index in [1.807, 2.05) is 19.0 Å². The minimum absolute atomic E-state index is 0.0702. The first-order valence-corrected chi connectivity index (χ1v) is 8.53. The van der Waals surface area contributed by atoms with Crippen molar-refractivity contribution in [2.75, 3.05) is 24.3 Å². The molecule has 1 atom stereocenters. The van der Waals surface area contributed by atoms with Gasteiger partial charge in [0, 0.05) is 19.8 Å². The predicted molar refractivity (Wildman–Crippen MR) is 101 cm³/mol. The van der Waals surface area contributed by atoms with Gasteiger partial charge in [-0.05, 0) is 49.4 Å². The summed E-state index contributed by atoms with van der Waals surface area (Å²) >= 11 is 5.84. The maximum atomic E-state index is 12.8. The van der Waals surface area contributed by atoms with Crippen LogP contribution in [0.2, 0.25) is 5.02 Å². The molecule has 2 rings (SSSR count). The number of rotatable bonds is 5. The molecule has 0 bridgehead atoms. The Morgan fingerprint density at radius 1 is 1.11 bits per heavy atom. The minimum Gasteiger partial charge on any atom is -0.449 e. The van der Waals surface area contributed by atoms with E-state index in [1.54, 1.807) is 24.3 Å². The van der Waals surface area contributed by atoms with E-state index in [1.165, 1.54) is 6.92 Å². The molecule has 5 nitrogen and oxygen atoms in total. The summed E-state index contributed by atoms with van der Waals surface area (Å²) in [6.07, 6.45) is -5.83. The van der Waals surface area contributed by atoms with E-state index in [0.717, 1.165) is 23.9 Å². The zero-order chi connectivity index (χ0) is 21.1. The van der Waals surface area contributed by atoms with E-state index in [-0.39, 0.29) is 16.3 Å². The standard InChI is InChI=1S/C19H18ClF3N2O3/c1-11(28-18(27)12-4-7-14(8-5-12)25(2)3)17(26)24-16-10-13(19(21,22)23)6-9-15(16)20/h4-11H,1-3H3,(H,24,26)/t11-/m0/s1. The first-order chi connectivity index (χ1) is 13.0. The van der Waals surface area contributed by atoms with E-state index < -0.39 is 29.7 Å². The van der Waals surface area contributed by atoms with Gasteiger partial charge in [-0.15, -0.1) is 0 Å². The van der Waals surface area contributed by atoms with Crippen molar-refractivity contribution in [3.8, 4) is 0 Å². The summed E-state index contributed by atoms with van der Waals surface area (Å²) in [5.41, 5.74) is -0.0681. The van der Waals surface area contributed by atoms with Crippen molar-refractivity contribution in [2.24, 2.45) is 0 Å². The number of carbonyl (C=O) groups excluding carboxylic acids is 2. The zero-order valence-corrected chi connectivity index (χ0v) is 16.1. The number of amides is 1. The highest BCUT2D eigenvalue weighted by atomic mass is 35.5. The molecule has 0 unspecified atom stereocenters. The second-order valence-electron chi connectivity index (χ2n) is 6.17. The number of alkyl halides is 3. The van der Waals surface area contributed by atoms with Gasteiger partial charge < -0.3 is 15.0 Å². The molecule has 0 radical (unpaired) electrons. The Balaban J connectivity index is 2.06. The number of hydrogen-bond acceptors (Lipinski definition) is 4. The molecular formula is C19H18ClF3N2O3. The van der Waals surface area contributed by atoms with Gasteiger partial charge >= 0.3 is 12.1 Å². The summed E-state index contributed by atoms with van der Waals surface area (Å²) in [5, 5.41) is 2.18. The van der Waals surface area contributed by atoms with Gasteiger partial charge in [0.2, 0.25) is 0 Å². The number of nitrogens with zero attached hydrogens (tertiary/aromatic N) is 1. The van der Waals surface area contributed by atoms with Gasteiger partial charge in [0.05, 0.1) is 21.8 Å². The topological polar surface area (TPSA) is 58.6 Å². The number of halogens is 4. The third-order valence-corrected chi connectivity index (χ3v) is 4.15. The van der Waals surface area contributed by atoms with Crippen LogP contribution >= 0.6 is 11.6 Å². The predicted octanol–water partition coefficient (Wildman–Crippen LogP) is 4.61. The summed E-state index contributed by atoms with van der Waals surface area (Å²) in [6.45, 7) is 1.31. The monoisotopic (exact) mass is 414 g/mol. The van der Waals surface area contributed by atoms with Crippen LogP contribution in [0.25, 0.3) is 0 Å². The van der Waals surface area contributed by atoms with Gasteiger partial charge in [-0.2, -0.15) is 13.2 Å². The molecule has 1 amide bonds. The molecule has 1 N–H and O–H groups in total. The number of carbonyl (C=O) groups is 2. The first-order valence-electron chi connectivity index (χ1n) is 8.15. The molecule has 0 fully saturated rings. The number of benzene rings is 2. The normalized spacial score (nSPS) is 12.2. The molecule has 0 spiro atoms. The van der Waals surface area contributed by atoms with Crippen LogP contribution in [0.4, 0.5) is 24.5 Å². The molecule has 0 saturated heterocycles. The largest absolute Gasteiger partial charge is 0.449 e. The molecule has 0 aromatic heterocycles. The van der Waals surface area contributed by atoms with Gasteiger partial charge in [-0.25, -0.2) is 4.79 Å². The fourth-order valence-electron chi connectivity index (χ4n) is 2.21. The number of esters is 1. The Morgan fingerprint density at radius 2 is 1.71 bits per heavy atom. The van der Waals surface area contributed by atoms with E-state index >= 15 is 0 Å². The van der Waals surface area contributed by atoms with Crippen molar-refractivity contribution >= 4 is 34.9 Å². The second kappa shape index (κ2) is 8.52. The molecule has 2 aromatic carbocycles. The molecular weight excluding hydrogens is 397 g/mol. The fourth-order valence-corrected chi connectivity index (χ4v) is 2.37. The first kappa shape index (κ1) is 21.6. The number of anilines is 2. The van der Waals surface area contributed by atoms with Gasteiger partial charge in [0.1, 0.15) is 0 Å². The molecule has 0 aliphatic heterocycles. The third kappa shape index (κ3) is 5.39. The van der Waals surface area contributed by atoms with Crippen LogP contribution in [0, 0.1) is 0 Å². The van der Waals surface area contributed by atoms with E-state index in [0.29, 0.717) is 0 Å². The molecule has 0 heterocycles. The van der Waals surface area contributed by atoms with Crippen LogP contribution in [0.15, 0.2) is 42.5 Å². The zero-order valence-electron chi connectivity index (χ0n) is 15.3. The molecule has 2 aromatic rings. The summed E-state index contributed by atoms with van der Waals surface area (Å²) in [4.78, 5) is 26.2. The maximum Gasteiger partial charge on any atom is 0.416 e. The molecule has 28 heavy (non-hydrogen) atoms. The average Bonchev–Trinajstić information content (AvgIpc) is 2.62. The van der Waals surface area contributed by atoms with Crippen LogP contribution in [-0.4, -0.2) is 32.1 Å². The van der Waals surface area contributed by atoms with Crippen LogP contribution < -0.4 is 10.2 Å². The Labute approximate surface area is 165 Å². The van der Waals surface area contributed by atoms with Gasteiger partial charge in [-0.3, -0.25) is 4.79 Å². The molecule has 9 heteroatoms. The van der Waals surface area contributed by atoms with Crippen molar-refractivity contribution in [1.82, 2.24) is 0 Å². The van der Waals surface area contributed by atoms with Gasteiger partial charge in [0.25, 0.3) is 5.91 Å². The lowest BCUT2D eigenvalue weighted by Crippen LogP contribution is -2.30. The third-order valence-electron chi connectivity index (χ3n) is 3.82. The maximum absolute atomic E-state index is 12.8. The molecule has 0 saturated carbocycles. The lowest BCUT2D eigenvalue weighted by atomic mass is 10.2. The lowest BCUT2D eigenvalue weighted by molar-refractivity contribution is -0.137. The highest BCUT2D eigenvalue weighted by molar-refractivity contribution is 6.33. The number of ether oxygens (including phenoxy) is 1. The number of hydrogen-bond donors (Lipinski definition) is 1. The fraction of sp³-hybridized carbons (Fsp3) is 0.263. The Bertz CT molecular complexity index is 868. The van der Waals surface area contributed by atoms with Crippen molar-refractivity contribution < 1.29 is 27.5 Å². The number of nitrogens with one attached hydrogen (secondary N) is 1. The van der Waals surface area contributed by atoms with Crippen molar-refractivity contribution in [2.45, 2.75) is 19.2 Å². The van der Waals surface area contributed by atoms with Crippen molar-refractivity contribution in [3.05, 3.63) is 58.6 Å². The van der Waals surface area contributed by atoms with Crippen LogP contribution in [0.5, 0.6) is 0 Å². The Morgan fingerprint density at radius 3 is 2.25 bits per heavy atom. The highest BCUT2D eigenvalue weighted by Gasteiger charge is 2.31. The van der Waals surface area contributed by atoms with E-state index in [2.05, 4.69) is 5.32 Å². The molecule has 0 aliphatic carbocycles. The lowest BCUT2D eigenvalue weighted by Gasteiger charge is -2.16. The second-order valence-corrected chi connectivity index (χ2v) is 6.58. The summed E-state index contributed by atoms with van der Waals surface area (Å²) < 4.78 is 43.5. The Kier molecular flexibility index (Phi) is 6.56. The SMILES string of the molecule is C[C@H](OC(=O)c1ccc(N(C)C)cc1)C(=O)Nc1cc(C(F)(F)F)ccc1Cl. The Hall–Kier alpha value is -2.74. The summed E-state index contributed by atoms with van der Waals surface area (Å²) in [5.74, 6) is -1.54. The molecule has 0 aliphatic rings. The van der Waals surface area contributed by atoms with Crippen LogP contribution in [-0.2, 0) is 15.7 Å². The highest BCUT2D eigenvalue weighted by Crippen LogP contribution is 2.33. The summed E-state index contributed by atoms with van der Waals surface area (Å²) in [6, 6.07) is 9.07. The minimum atomic E-state index is -4.58. The van der Waals surface area contributed by atoms with Gasteiger partial charge in [0.15, 0.2) is 6.10 Å².